The molecule has 0 aliphatic heterocycles. The van der Waals surface area contributed by atoms with Crippen LogP contribution in [0.4, 0.5) is 5.69 Å². The summed E-state index contributed by atoms with van der Waals surface area (Å²) in [6.45, 7) is 7.21. The van der Waals surface area contributed by atoms with Crippen molar-refractivity contribution in [3.05, 3.63) is 53.4 Å². The van der Waals surface area contributed by atoms with Gasteiger partial charge < -0.3 is 19.2 Å². The molecule has 1 N–H and O–H groups in total. The van der Waals surface area contributed by atoms with Crippen molar-refractivity contribution in [2.24, 2.45) is 0 Å². The minimum absolute atomic E-state index is 0.154. The number of rotatable bonds is 8. The lowest BCUT2D eigenvalue weighted by Crippen LogP contribution is -2.16. The normalized spacial score (nSPS) is 11.2. The number of anilines is 1. The Kier molecular flexibility index (Phi) is 6.31. The Balaban J connectivity index is 1.76. The zero-order valence-electron chi connectivity index (χ0n) is 16.7. The van der Waals surface area contributed by atoms with Gasteiger partial charge in [0, 0.05) is 24.3 Å². The minimum atomic E-state index is -0.154. The number of furan rings is 1. The van der Waals surface area contributed by atoms with Gasteiger partial charge in [-0.15, -0.1) is 0 Å². The van der Waals surface area contributed by atoms with E-state index in [9.17, 15) is 4.79 Å². The van der Waals surface area contributed by atoms with Gasteiger partial charge in [-0.1, -0.05) is 13.8 Å². The van der Waals surface area contributed by atoms with E-state index in [1.807, 2.05) is 6.07 Å². The second-order valence-corrected chi connectivity index (χ2v) is 7.04. The van der Waals surface area contributed by atoms with E-state index in [-0.39, 0.29) is 12.3 Å². The van der Waals surface area contributed by atoms with Gasteiger partial charge in [0.25, 0.3) is 0 Å². The Morgan fingerprint density at radius 3 is 2.86 bits per heavy atom. The third-order valence-electron chi connectivity index (χ3n) is 4.59. The van der Waals surface area contributed by atoms with Crippen LogP contribution in [0.15, 0.2) is 41.1 Å². The van der Waals surface area contributed by atoms with Crippen LogP contribution in [0.2, 0.25) is 0 Å². The molecule has 0 aliphatic carbocycles. The van der Waals surface area contributed by atoms with E-state index in [2.05, 4.69) is 37.1 Å². The summed E-state index contributed by atoms with van der Waals surface area (Å²) in [6, 6.07) is 7.68. The highest BCUT2D eigenvalue weighted by molar-refractivity contribution is 5.96. The van der Waals surface area contributed by atoms with E-state index >= 15 is 0 Å². The maximum absolute atomic E-state index is 12.6. The molecule has 1 aromatic carbocycles. The Morgan fingerprint density at radius 2 is 2.11 bits per heavy atom. The first-order valence-electron chi connectivity index (χ1n) is 9.36. The Hall–Kier alpha value is -2.86. The van der Waals surface area contributed by atoms with Gasteiger partial charge in [-0.05, 0) is 48.2 Å². The number of fused-ring (bicyclic) bond motifs is 1. The molecule has 0 bridgehead atoms. The Bertz CT molecular complexity index is 962. The Morgan fingerprint density at radius 1 is 1.29 bits per heavy atom. The third kappa shape index (κ3) is 4.51. The molecule has 0 spiro atoms. The summed E-state index contributed by atoms with van der Waals surface area (Å²) >= 11 is 0. The predicted octanol–water partition coefficient (Wildman–Crippen LogP) is 4.47. The molecule has 2 aromatic heterocycles. The van der Waals surface area contributed by atoms with Crippen LogP contribution < -0.4 is 10.1 Å². The topological polar surface area (TPSA) is 73.6 Å². The lowest BCUT2D eigenvalue weighted by molar-refractivity contribution is -0.115. The van der Waals surface area contributed by atoms with Crippen molar-refractivity contribution >= 4 is 22.6 Å². The van der Waals surface area contributed by atoms with Gasteiger partial charge >= 0.3 is 0 Å². The van der Waals surface area contributed by atoms with Crippen LogP contribution in [0.25, 0.3) is 11.0 Å². The molecule has 2 heterocycles. The van der Waals surface area contributed by atoms with E-state index in [0.717, 1.165) is 16.5 Å². The molecule has 1 amide bonds. The number of amides is 1. The lowest BCUT2D eigenvalue weighted by Gasteiger charge is -2.11. The molecule has 0 radical (unpaired) electrons. The van der Waals surface area contributed by atoms with Crippen LogP contribution >= 0.6 is 0 Å². The summed E-state index contributed by atoms with van der Waals surface area (Å²) in [4.78, 5) is 16.8. The summed E-state index contributed by atoms with van der Waals surface area (Å²) < 4.78 is 16.2. The predicted molar refractivity (Wildman–Crippen MR) is 109 cm³/mol. The van der Waals surface area contributed by atoms with Crippen LogP contribution in [0.3, 0.4) is 0 Å². The van der Waals surface area contributed by atoms with E-state index in [4.69, 9.17) is 13.9 Å². The molecule has 6 nitrogen and oxygen atoms in total. The lowest BCUT2D eigenvalue weighted by atomic mass is 9.95. The van der Waals surface area contributed by atoms with E-state index in [0.29, 0.717) is 30.7 Å². The third-order valence-corrected chi connectivity index (χ3v) is 4.59. The van der Waals surface area contributed by atoms with Gasteiger partial charge in [0.05, 0.1) is 19.3 Å². The monoisotopic (exact) mass is 382 g/mol. The fourth-order valence-electron chi connectivity index (χ4n) is 3.19. The highest BCUT2D eigenvalue weighted by Gasteiger charge is 2.15. The average molecular weight is 382 g/mol. The molecule has 0 aliphatic rings. The van der Waals surface area contributed by atoms with Crippen molar-refractivity contribution in [1.29, 1.82) is 0 Å². The van der Waals surface area contributed by atoms with E-state index in [1.54, 1.807) is 31.7 Å². The van der Waals surface area contributed by atoms with Crippen LogP contribution in [-0.2, 0) is 16.0 Å². The fraction of sp³-hybridized carbons (Fsp3) is 0.364. The molecular weight excluding hydrogens is 356 g/mol. The maximum atomic E-state index is 12.6. The van der Waals surface area contributed by atoms with Gasteiger partial charge in [0.1, 0.15) is 17.9 Å². The first-order chi connectivity index (χ1) is 13.5. The number of hydrogen-bond acceptors (Lipinski definition) is 5. The molecule has 148 valence electrons. The number of nitrogens with one attached hydrogen (secondary N) is 1. The van der Waals surface area contributed by atoms with Crippen molar-refractivity contribution in [3.63, 3.8) is 0 Å². The highest BCUT2D eigenvalue weighted by atomic mass is 16.5. The summed E-state index contributed by atoms with van der Waals surface area (Å²) in [6.07, 6.45) is 3.49. The van der Waals surface area contributed by atoms with Crippen LogP contribution in [-0.4, -0.2) is 31.2 Å². The number of aromatic nitrogens is 1. The fourth-order valence-corrected chi connectivity index (χ4v) is 3.19. The standard InChI is InChI=1S/C22H26N2O4/c1-14(2)17-12-18-16(13-28-20(18)10-15(17)3)11-21(25)24-19-6-5-7-23-22(19)27-9-8-26-4/h5-7,10,12-14H,8-9,11H2,1-4H3,(H,24,25). The smallest absolute Gasteiger partial charge is 0.237 e. The highest BCUT2D eigenvalue weighted by Crippen LogP contribution is 2.29. The molecule has 0 fully saturated rings. The van der Waals surface area contributed by atoms with Gasteiger partial charge in [0.15, 0.2) is 0 Å². The number of carbonyl (C=O) groups excluding carboxylic acids is 1. The summed E-state index contributed by atoms with van der Waals surface area (Å²) in [5, 5.41) is 3.86. The first-order valence-corrected chi connectivity index (χ1v) is 9.36. The number of methoxy groups -OCH3 is 1. The zero-order valence-corrected chi connectivity index (χ0v) is 16.7. The van der Waals surface area contributed by atoms with E-state index in [1.165, 1.54) is 11.1 Å². The van der Waals surface area contributed by atoms with Gasteiger partial charge in [-0.3, -0.25) is 4.79 Å². The molecule has 28 heavy (non-hydrogen) atoms. The Labute approximate surface area is 164 Å². The number of aryl methyl sites for hydroxylation is 1. The largest absolute Gasteiger partial charge is 0.474 e. The number of benzene rings is 1. The quantitative estimate of drug-likeness (QED) is 0.582. The maximum Gasteiger partial charge on any atom is 0.237 e. The summed E-state index contributed by atoms with van der Waals surface area (Å²) in [5.74, 6) is 0.629. The van der Waals surface area contributed by atoms with Gasteiger partial charge in [0.2, 0.25) is 11.8 Å². The minimum Gasteiger partial charge on any atom is -0.474 e. The first kappa shape index (κ1) is 19.9. The number of nitrogens with zero attached hydrogens (tertiary/aromatic N) is 1. The SMILES string of the molecule is COCCOc1ncccc1NC(=O)Cc1coc2cc(C)c(C(C)C)cc12. The number of ether oxygens (including phenoxy) is 2. The molecule has 3 rings (SSSR count). The van der Waals surface area contributed by atoms with Crippen molar-refractivity contribution in [2.45, 2.75) is 33.1 Å². The van der Waals surface area contributed by atoms with Crippen LogP contribution in [0, 0.1) is 6.92 Å². The van der Waals surface area contributed by atoms with E-state index < -0.39 is 0 Å². The van der Waals surface area contributed by atoms with Gasteiger partial charge in [-0.2, -0.15) is 0 Å². The van der Waals surface area contributed by atoms with Crippen molar-refractivity contribution in [3.8, 4) is 5.88 Å². The molecule has 0 saturated heterocycles. The second-order valence-electron chi connectivity index (χ2n) is 7.04. The number of pyridine rings is 1. The van der Waals surface area contributed by atoms with Crippen molar-refractivity contribution in [2.75, 3.05) is 25.6 Å². The molecule has 0 saturated carbocycles. The van der Waals surface area contributed by atoms with Crippen molar-refractivity contribution < 1.29 is 18.7 Å². The summed E-state index contributed by atoms with van der Waals surface area (Å²) in [5.41, 5.74) is 4.66. The molecular formula is C22H26N2O4. The number of carbonyl (C=O) groups is 1. The second kappa shape index (κ2) is 8.89. The number of hydrogen-bond donors (Lipinski definition) is 1. The van der Waals surface area contributed by atoms with Crippen molar-refractivity contribution in [1.82, 2.24) is 4.98 Å². The molecule has 0 atom stereocenters. The summed E-state index contributed by atoms with van der Waals surface area (Å²) in [7, 11) is 1.60. The van der Waals surface area contributed by atoms with Crippen LogP contribution in [0.1, 0.15) is 36.5 Å². The zero-order chi connectivity index (χ0) is 20.1. The molecule has 3 aromatic rings. The molecule has 6 heteroatoms. The molecule has 0 unspecified atom stereocenters. The van der Waals surface area contributed by atoms with Crippen LogP contribution in [0.5, 0.6) is 5.88 Å². The average Bonchev–Trinajstić information content (AvgIpc) is 3.03. The van der Waals surface area contributed by atoms with Gasteiger partial charge in [-0.25, -0.2) is 4.98 Å².